The Hall–Kier alpha value is -3.73. The molecular weight excluding hydrogens is 432 g/mol. The van der Waals surface area contributed by atoms with E-state index in [1.807, 2.05) is 6.07 Å². The number of primary amides is 1. The molecule has 32 heavy (non-hydrogen) atoms. The van der Waals surface area contributed by atoms with Gasteiger partial charge in [-0.2, -0.15) is 0 Å². The zero-order valence-electron chi connectivity index (χ0n) is 16.7. The fraction of sp³-hybridized carbons (Fsp3) is 0.0909. The molecule has 0 aliphatic rings. The molecule has 1 heterocycles. The third-order valence-electron chi connectivity index (χ3n) is 4.79. The summed E-state index contributed by atoms with van der Waals surface area (Å²) in [5, 5.41) is 9.65. The molecular formula is C22H20N4O5S. The number of benzene rings is 3. The number of hydrogen-bond donors (Lipinski definition) is 4. The topological polar surface area (TPSA) is 147 Å². The number of imidazole rings is 1. The van der Waals surface area contributed by atoms with E-state index in [9.17, 15) is 18.3 Å². The van der Waals surface area contributed by atoms with Gasteiger partial charge in [0.2, 0.25) is 10.0 Å². The van der Waals surface area contributed by atoms with Crippen molar-refractivity contribution in [3.8, 4) is 17.1 Å². The van der Waals surface area contributed by atoms with Crippen LogP contribution in [0.3, 0.4) is 0 Å². The molecule has 5 N–H and O–H groups in total. The van der Waals surface area contributed by atoms with Gasteiger partial charge >= 0.3 is 6.09 Å². The first-order valence-corrected chi connectivity index (χ1v) is 11.1. The molecule has 1 amide bonds. The first kappa shape index (κ1) is 21.5. The number of rotatable bonds is 7. The maximum Gasteiger partial charge on any atom is 0.409 e. The maximum absolute atomic E-state index is 12.8. The van der Waals surface area contributed by atoms with E-state index >= 15 is 0 Å². The summed E-state index contributed by atoms with van der Waals surface area (Å²) >= 11 is 0. The highest BCUT2D eigenvalue weighted by atomic mass is 32.2. The third kappa shape index (κ3) is 4.62. The van der Waals surface area contributed by atoms with Crippen LogP contribution in [0, 0.1) is 0 Å². The van der Waals surface area contributed by atoms with E-state index in [-0.39, 0.29) is 17.3 Å². The van der Waals surface area contributed by atoms with Crippen LogP contribution in [0.15, 0.2) is 77.7 Å². The van der Waals surface area contributed by atoms with Gasteiger partial charge in [-0.25, -0.2) is 22.9 Å². The SMILES string of the molecule is NC(=O)Oc1ccc2nc(-c3ccc(S(=O)(=O)N[C@H](CO)c4ccccc4)cc3)[nH]c2c1. The van der Waals surface area contributed by atoms with Crippen LogP contribution in [0.25, 0.3) is 22.4 Å². The summed E-state index contributed by atoms with van der Waals surface area (Å²) in [4.78, 5) is 18.6. The molecule has 1 atom stereocenters. The van der Waals surface area contributed by atoms with Crippen molar-refractivity contribution in [1.29, 1.82) is 0 Å². The summed E-state index contributed by atoms with van der Waals surface area (Å²) in [7, 11) is -3.86. The molecule has 0 saturated carbocycles. The number of aromatic amines is 1. The minimum absolute atomic E-state index is 0.0592. The lowest BCUT2D eigenvalue weighted by atomic mass is 10.1. The summed E-state index contributed by atoms with van der Waals surface area (Å²) in [6, 6.07) is 19.1. The van der Waals surface area contributed by atoms with Gasteiger partial charge in [0.1, 0.15) is 11.6 Å². The maximum atomic E-state index is 12.8. The molecule has 4 aromatic rings. The van der Waals surface area contributed by atoms with E-state index in [0.717, 1.165) is 0 Å². The van der Waals surface area contributed by atoms with Crippen LogP contribution in [0.4, 0.5) is 4.79 Å². The fourth-order valence-electron chi connectivity index (χ4n) is 3.25. The lowest BCUT2D eigenvalue weighted by Gasteiger charge is -2.17. The van der Waals surface area contributed by atoms with Gasteiger partial charge in [-0.3, -0.25) is 0 Å². The smallest absolute Gasteiger partial charge is 0.409 e. The first-order valence-electron chi connectivity index (χ1n) is 9.61. The lowest BCUT2D eigenvalue weighted by molar-refractivity contribution is 0.211. The van der Waals surface area contributed by atoms with Gasteiger partial charge < -0.3 is 20.6 Å². The van der Waals surface area contributed by atoms with Crippen LogP contribution in [0.2, 0.25) is 0 Å². The van der Waals surface area contributed by atoms with Crippen LogP contribution in [-0.2, 0) is 10.0 Å². The first-order chi connectivity index (χ1) is 15.4. The number of nitrogens with two attached hydrogens (primary N) is 1. The van der Waals surface area contributed by atoms with Crippen LogP contribution >= 0.6 is 0 Å². The van der Waals surface area contributed by atoms with E-state index in [1.54, 1.807) is 54.6 Å². The van der Waals surface area contributed by atoms with Crippen molar-refractivity contribution in [3.05, 3.63) is 78.4 Å². The van der Waals surface area contributed by atoms with Crippen molar-refractivity contribution in [1.82, 2.24) is 14.7 Å². The molecule has 3 aromatic carbocycles. The van der Waals surface area contributed by atoms with Crippen molar-refractivity contribution in [2.24, 2.45) is 5.73 Å². The largest absolute Gasteiger partial charge is 0.410 e. The Bertz CT molecular complexity index is 1350. The highest BCUT2D eigenvalue weighted by molar-refractivity contribution is 7.89. The summed E-state index contributed by atoms with van der Waals surface area (Å²) in [5.41, 5.74) is 7.63. The zero-order valence-corrected chi connectivity index (χ0v) is 17.5. The Balaban J connectivity index is 1.56. The molecule has 1 aromatic heterocycles. The second-order valence-electron chi connectivity index (χ2n) is 6.98. The van der Waals surface area contributed by atoms with Crippen molar-refractivity contribution in [2.45, 2.75) is 10.9 Å². The molecule has 0 aliphatic heterocycles. The number of nitrogens with zero attached hydrogens (tertiary/aromatic N) is 1. The minimum Gasteiger partial charge on any atom is -0.410 e. The molecule has 0 radical (unpaired) electrons. The number of ether oxygens (including phenoxy) is 1. The molecule has 0 fully saturated rings. The van der Waals surface area contributed by atoms with Crippen molar-refractivity contribution in [2.75, 3.05) is 6.61 Å². The second-order valence-corrected chi connectivity index (χ2v) is 8.69. The van der Waals surface area contributed by atoms with Crippen molar-refractivity contribution < 1.29 is 23.1 Å². The minimum atomic E-state index is -3.86. The quantitative estimate of drug-likeness (QED) is 0.339. The van der Waals surface area contributed by atoms with Gasteiger partial charge in [0.15, 0.2) is 0 Å². The summed E-state index contributed by atoms with van der Waals surface area (Å²) in [6.07, 6.45) is -0.912. The van der Waals surface area contributed by atoms with Crippen LogP contribution in [0.5, 0.6) is 5.75 Å². The monoisotopic (exact) mass is 452 g/mol. The highest BCUT2D eigenvalue weighted by Crippen LogP contribution is 2.25. The number of amides is 1. The van der Waals surface area contributed by atoms with Crippen molar-refractivity contribution in [3.63, 3.8) is 0 Å². The van der Waals surface area contributed by atoms with Gasteiger partial charge in [-0.05, 0) is 42.0 Å². The predicted molar refractivity (Wildman–Crippen MR) is 118 cm³/mol. The number of sulfonamides is 1. The average Bonchev–Trinajstić information content (AvgIpc) is 3.21. The molecule has 0 bridgehead atoms. The molecule has 4 rings (SSSR count). The number of fused-ring (bicyclic) bond motifs is 1. The Morgan fingerprint density at radius 1 is 1.09 bits per heavy atom. The Kier molecular flexibility index (Phi) is 5.91. The third-order valence-corrected chi connectivity index (χ3v) is 6.28. The van der Waals surface area contributed by atoms with Crippen LogP contribution < -0.4 is 15.2 Å². The van der Waals surface area contributed by atoms with Crippen molar-refractivity contribution >= 4 is 27.1 Å². The predicted octanol–water partition coefficient (Wildman–Crippen LogP) is 2.70. The molecule has 0 spiro atoms. The molecule has 0 saturated heterocycles. The molecule has 0 aliphatic carbocycles. The highest BCUT2D eigenvalue weighted by Gasteiger charge is 2.21. The molecule has 10 heteroatoms. The standard InChI is InChI=1S/C22H20N4O5S/c23-22(28)31-16-8-11-18-19(12-16)25-21(24-18)15-6-9-17(10-7-15)32(29,30)26-20(13-27)14-4-2-1-3-5-14/h1-12,20,26-27H,13H2,(H2,23,28)(H,24,25)/t20-/m1/s1. The van der Waals surface area contributed by atoms with E-state index in [1.165, 1.54) is 12.1 Å². The second kappa shape index (κ2) is 8.79. The van der Waals surface area contributed by atoms with Gasteiger partial charge in [-0.15, -0.1) is 0 Å². The lowest BCUT2D eigenvalue weighted by Crippen LogP contribution is -2.30. The number of aliphatic hydroxyl groups is 1. The van der Waals surface area contributed by atoms with Crippen LogP contribution in [0.1, 0.15) is 11.6 Å². The fourth-order valence-corrected chi connectivity index (χ4v) is 4.46. The van der Waals surface area contributed by atoms with E-state index in [0.29, 0.717) is 28.0 Å². The molecule has 164 valence electrons. The van der Waals surface area contributed by atoms with E-state index in [2.05, 4.69) is 14.7 Å². The number of aliphatic hydroxyl groups excluding tert-OH is 1. The van der Waals surface area contributed by atoms with Gasteiger partial charge in [0, 0.05) is 11.6 Å². The summed E-state index contributed by atoms with van der Waals surface area (Å²) < 4.78 is 33.0. The number of hydrogen-bond acceptors (Lipinski definition) is 6. The van der Waals surface area contributed by atoms with E-state index in [4.69, 9.17) is 10.5 Å². The number of H-pyrrole nitrogens is 1. The Morgan fingerprint density at radius 3 is 2.47 bits per heavy atom. The average molecular weight is 452 g/mol. The van der Waals surface area contributed by atoms with Gasteiger partial charge in [0.05, 0.1) is 28.6 Å². The number of nitrogens with one attached hydrogen (secondary N) is 2. The summed E-state index contributed by atoms with van der Waals surface area (Å²) in [5.74, 6) is 0.801. The van der Waals surface area contributed by atoms with Gasteiger partial charge in [0.25, 0.3) is 0 Å². The number of aromatic nitrogens is 2. The number of carbonyl (C=O) groups is 1. The van der Waals surface area contributed by atoms with Gasteiger partial charge in [-0.1, -0.05) is 30.3 Å². The molecule has 9 nitrogen and oxygen atoms in total. The summed E-state index contributed by atoms with van der Waals surface area (Å²) in [6.45, 7) is -0.373. The van der Waals surface area contributed by atoms with E-state index < -0.39 is 22.2 Å². The number of carbonyl (C=O) groups excluding carboxylic acids is 1. The van der Waals surface area contributed by atoms with Crippen LogP contribution in [-0.4, -0.2) is 36.2 Å². The normalized spacial score (nSPS) is 12.5. The zero-order chi connectivity index (χ0) is 22.7. The Morgan fingerprint density at radius 2 is 1.81 bits per heavy atom. The molecule has 0 unspecified atom stereocenters. The Labute approximate surface area is 183 Å².